The van der Waals surface area contributed by atoms with Crippen molar-refractivity contribution in [3.8, 4) is 5.69 Å². The summed E-state index contributed by atoms with van der Waals surface area (Å²) in [5, 5.41) is 7.06. The van der Waals surface area contributed by atoms with Crippen LogP contribution in [0.15, 0.2) is 30.7 Å². The van der Waals surface area contributed by atoms with E-state index >= 15 is 0 Å². The van der Waals surface area contributed by atoms with Gasteiger partial charge in [-0.2, -0.15) is 5.10 Å². The van der Waals surface area contributed by atoms with Crippen molar-refractivity contribution in [1.29, 1.82) is 0 Å². The molecule has 0 bridgehead atoms. The summed E-state index contributed by atoms with van der Waals surface area (Å²) in [6, 6.07) is 3.73. The fourth-order valence-corrected chi connectivity index (χ4v) is 1.52. The number of amides is 1. The Bertz CT molecular complexity index is 519. The highest BCUT2D eigenvalue weighted by Crippen LogP contribution is 2.17. The molecular formula is C12H14N4O. The number of pyridine rings is 1. The number of carbonyl (C=O) groups excluding carboxylic acids is 1. The summed E-state index contributed by atoms with van der Waals surface area (Å²) in [5.74, 6) is -0.0117. The van der Waals surface area contributed by atoms with Crippen LogP contribution in [-0.4, -0.2) is 20.7 Å². The van der Waals surface area contributed by atoms with Gasteiger partial charge in [-0.3, -0.25) is 9.78 Å². The van der Waals surface area contributed by atoms with E-state index in [0.717, 1.165) is 17.1 Å². The topological polar surface area (TPSA) is 59.8 Å². The summed E-state index contributed by atoms with van der Waals surface area (Å²) >= 11 is 0. The molecule has 1 amide bonds. The maximum absolute atomic E-state index is 11.3. The summed E-state index contributed by atoms with van der Waals surface area (Å²) in [6.07, 6.45) is 5.53. The quantitative estimate of drug-likeness (QED) is 0.876. The highest BCUT2D eigenvalue weighted by atomic mass is 16.1. The van der Waals surface area contributed by atoms with Gasteiger partial charge in [0.25, 0.3) is 0 Å². The van der Waals surface area contributed by atoms with Crippen LogP contribution in [0.5, 0.6) is 0 Å². The van der Waals surface area contributed by atoms with E-state index in [-0.39, 0.29) is 5.91 Å². The van der Waals surface area contributed by atoms with Gasteiger partial charge in [-0.15, -0.1) is 0 Å². The molecule has 0 aliphatic heterocycles. The lowest BCUT2D eigenvalue weighted by molar-refractivity contribution is -0.115. The molecule has 0 radical (unpaired) electrons. The fraction of sp³-hybridized carbons (Fsp3) is 0.250. The normalized spacial score (nSPS) is 10.2. The Hall–Kier alpha value is -2.17. The van der Waals surface area contributed by atoms with Gasteiger partial charge in [0.2, 0.25) is 5.91 Å². The highest BCUT2D eigenvalue weighted by Gasteiger charge is 2.09. The molecule has 5 nitrogen and oxygen atoms in total. The van der Waals surface area contributed by atoms with Crippen molar-refractivity contribution < 1.29 is 4.79 Å². The van der Waals surface area contributed by atoms with Crippen LogP contribution in [0.3, 0.4) is 0 Å². The van der Waals surface area contributed by atoms with E-state index in [0.29, 0.717) is 6.42 Å². The van der Waals surface area contributed by atoms with E-state index in [4.69, 9.17) is 0 Å². The average Bonchev–Trinajstić information content (AvgIpc) is 2.72. The minimum atomic E-state index is -0.0117. The predicted octanol–water partition coefficient (Wildman–Crippen LogP) is 1.92. The standard InChI is InChI=1S/C12H14N4O/c1-3-12(17)15-11-8-14-16(9(11)2)10-4-6-13-7-5-10/h4-8H,3H2,1-2H3,(H,15,17). The van der Waals surface area contributed by atoms with Crippen molar-refractivity contribution in [2.24, 2.45) is 0 Å². The first-order chi connectivity index (χ1) is 8.22. The van der Waals surface area contributed by atoms with E-state index in [9.17, 15) is 4.79 Å². The Morgan fingerprint density at radius 1 is 1.41 bits per heavy atom. The number of rotatable bonds is 3. The molecule has 0 aromatic carbocycles. The number of carbonyl (C=O) groups is 1. The van der Waals surface area contributed by atoms with E-state index < -0.39 is 0 Å². The minimum absolute atomic E-state index is 0.0117. The molecule has 2 aromatic heterocycles. The zero-order valence-electron chi connectivity index (χ0n) is 9.84. The van der Waals surface area contributed by atoms with Crippen LogP contribution in [0.25, 0.3) is 5.69 Å². The molecule has 2 rings (SSSR count). The number of nitrogens with one attached hydrogen (secondary N) is 1. The first kappa shape index (κ1) is 11.3. The maximum Gasteiger partial charge on any atom is 0.224 e. The zero-order chi connectivity index (χ0) is 12.3. The van der Waals surface area contributed by atoms with Gasteiger partial charge in [-0.05, 0) is 19.1 Å². The number of nitrogens with zero attached hydrogens (tertiary/aromatic N) is 3. The Morgan fingerprint density at radius 2 is 2.12 bits per heavy atom. The highest BCUT2D eigenvalue weighted by molar-refractivity contribution is 5.90. The summed E-state index contributed by atoms with van der Waals surface area (Å²) < 4.78 is 1.77. The minimum Gasteiger partial charge on any atom is -0.323 e. The Morgan fingerprint density at radius 3 is 2.76 bits per heavy atom. The van der Waals surface area contributed by atoms with Crippen LogP contribution in [0.1, 0.15) is 19.0 Å². The van der Waals surface area contributed by atoms with Crippen LogP contribution < -0.4 is 5.32 Å². The number of anilines is 1. The maximum atomic E-state index is 11.3. The second-order valence-corrected chi connectivity index (χ2v) is 3.66. The van der Waals surface area contributed by atoms with Gasteiger partial charge in [-0.25, -0.2) is 4.68 Å². The lowest BCUT2D eigenvalue weighted by atomic mass is 10.3. The Labute approximate surface area is 99.5 Å². The molecule has 0 saturated heterocycles. The van der Waals surface area contributed by atoms with E-state index in [1.54, 1.807) is 23.3 Å². The number of hydrogen-bond donors (Lipinski definition) is 1. The van der Waals surface area contributed by atoms with Crippen molar-refractivity contribution in [2.45, 2.75) is 20.3 Å². The van der Waals surface area contributed by atoms with Crippen LogP contribution in [0.2, 0.25) is 0 Å². The molecule has 0 aliphatic carbocycles. The SMILES string of the molecule is CCC(=O)Nc1cnn(-c2ccncc2)c1C. The summed E-state index contributed by atoms with van der Waals surface area (Å²) in [7, 11) is 0. The molecule has 1 N–H and O–H groups in total. The van der Waals surface area contributed by atoms with E-state index in [1.807, 2.05) is 26.0 Å². The largest absolute Gasteiger partial charge is 0.323 e. The van der Waals surface area contributed by atoms with Gasteiger partial charge >= 0.3 is 0 Å². The Kier molecular flexibility index (Phi) is 3.18. The lowest BCUT2D eigenvalue weighted by Crippen LogP contribution is -2.10. The second kappa shape index (κ2) is 4.78. The predicted molar refractivity (Wildman–Crippen MR) is 65.0 cm³/mol. The van der Waals surface area contributed by atoms with Gasteiger partial charge in [0.05, 0.1) is 23.3 Å². The molecule has 5 heteroatoms. The summed E-state index contributed by atoms with van der Waals surface area (Å²) in [5.41, 5.74) is 2.57. The van der Waals surface area contributed by atoms with Gasteiger partial charge < -0.3 is 5.32 Å². The monoisotopic (exact) mass is 230 g/mol. The number of hydrogen-bond acceptors (Lipinski definition) is 3. The molecule has 2 aromatic rings. The fourth-order valence-electron chi connectivity index (χ4n) is 1.52. The molecule has 0 fully saturated rings. The third kappa shape index (κ3) is 2.33. The molecule has 88 valence electrons. The lowest BCUT2D eigenvalue weighted by Gasteiger charge is -2.05. The van der Waals surface area contributed by atoms with Crippen molar-refractivity contribution in [2.75, 3.05) is 5.32 Å². The molecule has 17 heavy (non-hydrogen) atoms. The average molecular weight is 230 g/mol. The van der Waals surface area contributed by atoms with Gasteiger partial charge in [0, 0.05) is 18.8 Å². The van der Waals surface area contributed by atoms with Crippen LogP contribution >= 0.6 is 0 Å². The zero-order valence-corrected chi connectivity index (χ0v) is 9.84. The van der Waals surface area contributed by atoms with Crippen molar-refractivity contribution >= 4 is 11.6 Å². The molecule has 2 heterocycles. The third-order valence-corrected chi connectivity index (χ3v) is 2.51. The molecule has 0 aliphatic rings. The van der Waals surface area contributed by atoms with Gasteiger partial charge in [0.15, 0.2) is 0 Å². The van der Waals surface area contributed by atoms with Gasteiger partial charge in [-0.1, -0.05) is 6.92 Å². The first-order valence-corrected chi connectivity index (χ1v) is 5.47. The molecule has 0 spiro atoms. The van der Waals surface area contributed by atoms with E-state index in [1.165, 1.54) is 0 Å². The molecule has 0 saturated carbocycles. The summed E-state index contributed by atoms with van der Waals surface area (Å²) in [6.45, 7) is 3.73. The molecule has 0 atom stereocenters. The smallest absolute Gasteiger partial charge is 0.224 e. The molecule has 0 unspecified atom stereocenters. The number of aromatic nitrogens is 3. The Balaban J connectivity index is 2.30. The van der Waals surface area contributed by atoms with Crippen LogP contribution in [0.4, 0.5) is 5.69 Å². The van der Waals surface area contributed by atoms with E-state index in [2.05, 4.69) is 15.4 Å². The van der Waals surface area contributed by atoms with Crippen molar-refractivity contribution in [1.82, 2.24) is 14.8 Å². The van der Waals surface area contributed by atoms with Crippen molar-refractivity contribution in [3.63, 3.8) is 0 Å². The first-order valence-electron chi connectivity index (χ1n) is 5.47. The van der Waals surface area contributed by atoms with Crippen molar-refractivity contribution in [3.05, 3.63) is 36.4 Å². The second-order valence-electron chi connectivity index (χ2n) is 3.66. The van der Waals surface area contributed by atoms with Gasteiger partial charge in [0.1, 0.15) is 0 Å². The third-order valence-electron chi connectivity index (χ3n) is 2.51. The molecular weight excluding hydrogens is 216 g/mol. The van der Waals surface area contributed by atoms with Crippen LogP contribution in [-0.2, 0) is 4.79 Å². The summed E-state index contributed by atoms with van der Waals surface area (Å²) in [4.78, 5) is 15.3. The van der Waals surface area contributed by atoms with Crippen LogP contribution in [0, 0.1) is 6.92 Å².